The van der Waals surface area contributed by atoms with Crippen molar-refractivity contribution in [3.63, 3.8) is 0 Å². The molecule has 0 atom stereocenters. The standard InChI is InChI=1S/C23H23Cl2N3O4.ClH/c1-31-23-13-16(3-9-22(23)32-15-17-2-8-20(24)21(25)12-17)14-26-10-11-27-18-4-6-19(7-5-18)28(29)30;/h2-9,12-13,26-27H,10-11,14-15H2,1H3;1H. The molecular formula is C23H24Cl3N3O4. The van der Waals surface area contributed by atoms with Crippen LogP contribution in [0.15, 0.2) is 60.7 Å². The van der Waals surface area contributed by atoms with E-state index in [1.54, 1.807) is 31.4 Å². The maximum Gasteiger partial charge on any atom is 0.269 e. The summed E-state index contributed by atoms with van der Waals surface area (Å²) in [6.45, 7) is 2.40. The minimum Gasteiger partial charge on any atom is -0.493 e. The third-order valence-electron chi connectivity index (χ3n) is 4.64. The summed E-state index contributed by atoms with van der Waals surface area (Å²) >= 11 is 12.0. The maximum atomic E-state index is 10.7. The molecule has 10 heteroatoms. The first-order valence-corrected chi connectivity index (χ1v) is 10.6. The molecule has 2 N–H and O–H groups in total. The molecule has 0 aliphatic heterocycles. The molecule has 0 bridgehead atoms. The van der Waals surface area contributed by atoms with Crippen LogP contribution in [0.1, 0.15) is 11.1 Å². The summed E-state index contributed by atoms with van der Waals surface area (Å²) in [4.78, 5) is 10.3. The number of hydrogen-bond acceptors (Lipinski definition) is 6. The van der Waals surface area contributed by atoms with E-state index in [0.717, 1.165) is 23.4 Å². The second kappa shape index (κ2) is 13.1. The van der Waals surface area contributed by atoms with Crippen LogP contribution in [0.4, 0.5) is 11.4 Å². The first-order valence-electron chi connectivity index (χ1n) is 9.89. The molecule has 0 aliphatic rings. The molecule has 176 valence electrons. The molecule has 0 saturated carbocycles. The zero-order valence-electron chi connectivity index (χ0n) is 17.8. The number of non-ortho nitro benzene ring substituents is 1. The number of hydrogen-bond donors (Lipinski definition) is 2. The number of nitrogens with one attached hydrogen (secondary N) is 2. The Hall–Kier alpha value is -2.71. The van der Waals surface area contributed by atoms with Gasteiger partial charge in [0.25, 0.3) is 5.69 Å². The number of anilines is 1. The van der Waals surface area contributed by atoms with Crippen LogP contribution in [0.3, 0.4) is 0 Å². The van der Waals surface area contributed by atoms with Gasteiger partial charge in [0.05, 0.1) is 22.1 Å². The predicted octanol–water partition coefficient (Wildman–Crippen LogP) is 6.11. The normalized spacial score (nSPS) is 10.3. The molecule has 0 heterocycles. The Morgan fingerprint density at radius 1 is 0.909 bits per heavy atom. The fraction of sp³-hybridized carbons (Fsp3) is 0.217. The van der Waals surface area contributed by atoms with Crippen LogP contribution in [0, 0.1) is 10.1 Å². The van der Waals surface area contributed by atoms with E-state index in [-0.39, 0.29) is 18.1 Å². The Morgan fingerprint density at radius 2 is 1.64 bits per heavy atom. The van der Waals surface area contributed by atoms with E-state index in [4.69, 9.17) is 32.7 Å². The van der Waals surface area contributed by atoms with Gasteiger partial charge in [-0.05, 0) is 47.5 Å². The lowest BCUT2D eigenvalue weighted by molar-refractivity contribution is -0.384. The lowest BCUT2D eigenvalue weighted by Crippen LogP contribution is -2.21. The summed E-state index contributed by atoms with van der Waals surface area (Å²) in [6, 6.07) is 17.5. The van der Waals surface area contributed by atoms with E-state index in [9.17, 15) is 10.1 Å². The largest absolute Gasteiger partial charge is 0.493 e. The van der Waals surface area contributed by atoms with Crippen LogP contribution < -0.4 is 20.1 Å². The van der Waals surface area contributed by atoms with Crippen molar-refractivity contribution in [1.82, 2.24) is 5.32 Å². The summed E-state index contributed by atoms with van der Waals surface area (Å²) in [6.07, 6.45) is 0. The van der Waals surface area contributed by atoms with Gasteiger partial charge in [0.15, 0.2) is 11.5 Å². The molecule has 3 aromatic carbocycles. The van der Waals surface area contributed by atoms with Crippen molar-refractivity contribution in [2.24, 2.45) is 0 Å². The SMILES string of the molecule is COc1cc(CNCCNc2ccc([N+](=O)[O-])cc2)ccc1OCc1ccc(Cl)c(Cl)c1.Cl. The van der Waals surface area contributed by atoms with Gasteiger partial charge in [-0.1, -0.05) is 35.3 Å². The van der Waals surface area contributed by atoms with Gasteiger partial charge >= 0.3 is 0 Å². The van der Waals surface area contributed by atoms with Crippen molar-refractivity contribution in [3.8, 4) is 11.5 Å². The highest BCUT2D eigenvalue weighted by molar-refractivity contribution is 6.42. The van der Waals surface area contributed by atoms with Crippen molar-refractivity contribution in [2.45, 2.75) is 13.2 Å². The number of halogens is 3. The van der Waals surface area contributed by atoms with E-state index in [0.29, 0.717) is 41.2 Å². The highest BCUT2D eigenvalue weighted by Gasteiger charge is 2.08. The first-order chi connectivity index (χ1) is 15.5. The van der Waals surface area contributed by atoms with Crippen LogP contribution in [-0.2, 0) is 13.2 Å². The van der Waals surface area contributed by atoms with Gasteiger partial charge in [-0.3, -0.25) is 10.1 Å². The van der Waals surface area contributed by atoms with E-state index in [1.807, 2.05) is 24.3 Å². The van der Waals surface area contributed by atoms with Crippen molar-refractivity contribution >= 4 is 47.0 Å². The van der Waals surface area contributed by atoms with Crippen LogP contribution in [0.5, 0.6) is 11.5 Å². The Balaban J connectivity index is 0.00000385. The molecular weight excluding hydrogens is 489 g/mol. The first kappa shape index (κ1) is 26.5. The van der Waals surface area contributed by atoms with Gasteiger partial charge in [-0.25, -0.2) is 0 Å². The number of nitrogens with zero attached hydrogens (tertiary/aromatic N) is 1. The van der Waals surface area contributed by atoms with Crippen LogP contribution in [0.25, 0.3) is 0 Å². The van der Waals surface area contributed by atoms with E-state index >= 15 is 0 Å². The molecule has 0 fully saturated rings. The van der Waals surface area contributed by atoms with Crippen LogP contribution >= 0.6 is 35.6 Å². The number of ether oxygens (including phenoxy) is 2. The van der Waals surface area contributed by atoms with E-state index in [1.165, 1.54) is 12.1 Å². The summed E-state index contributed by atoms with van der Waals surface area (Å²) in [7, 11) is 1.60. The second-order valence-electron chi connectivity index (χ2n) is 6.93. The minimum absolute atomic E-state index is 0. The van der Waals surface area contributed by atoms with Crippen LogP contribution in [0.2, 0.25) is 10.0 Å². The molecule has 3 rings (SSSR count). The third-order valence-corrected chi connectivity index (χ3v) is 5.38. The zero-order chi connectivity index (χ0) is 22.9. The highest BCUT2D eigenvalue weighted by Crippen LogP contribution is 2.30. The molecule has 0 aliphatic carbocycles. The summed E-state index contributed by atoms with van der Waals surface area (Å²) in [5, 5.41) is 18.3. The Kier molecular flexibility index (Phi) is 10.5. The van der Waals surface area contributed by atoms with Gasteiger partial charge in [0, 0.05) is 37.5 Å². The lowest BCUT2D eigenvalue weighted by atomic mass is 10.2. The lowest BCUT2D eigenvalue weighted by Gasteiger charge is -2.13. The predicted molar refractivity (Wildman–Crippen MR) is 134 cm³/mol. The van der Waals surface area contributed by atoms with Crippen molar-refractivity contribution in [3.05, 3.63) is 92.0 Å². The van der Waals surface area contributed by atoms with Crippen molar-refractivity contribution < 1.29 is 14.4 Å². The molecule has 0 unspecified atom stereocenters. The number of nitro groups is 1. The third kappa shape index (κ3) is 7.98. The average molecular weight is 513 g/mol. The molecule has 3 aromatic rings. The fourth-order valence-electron chi connectivity index (χ4n) is 2.96. The molecule has 0 saturated heterocycles. The summed E-state index contributed by atoms with van der Waals surface area (Å²) < 4.78 is 11.3. The van der Waals surface area contributed by atoms with Crippen molar-refractivity contribution in [2.75, 3.05) is 25.5 Å². The summed E-state index contributed by atoms with van der Waals surface area (Å²) in [5.74, 6) is 1.29. The minimum atomic E-state index is -0.413. The molecule has 0 spiro atoms. The van der Waals surface area contributed by atoms with Crippen LogP contribution in [-0.4, -0.2) is 25.1 Å². The molecule has 0 radical (unpaired) electrons. The van der Waals surface area contributed by atoms with Gasteiger partial charge in [0.1, 0.15) is 6.61 Å². The fourth-order valence-corrected chi connectivity index (χ4v) is 3.28. The average Bonchev–Trinajstić information content (AvgIpc) is 2.80. The van der Waals surface area contributed by atoms with E-state index < -0.39 is 4.92 Å². The molecule has 33 heavy (non-hydrogen) atoms. The Labute approximate surface area is 208 Å². The number of benzene rings is 3. The number of methoxy groups -OCH3 is 1. The maximum absolute atomic E-state index is 10.7. The Bertz CT molecular complexity index is 1070. The topological polar surface area (TPSA) is 85.7 Å². The smallest absolute Gasteiger partial charge is 0.269 e. The second-order valence-corrected chi connectivity index (χ2v) is 7.74. The van der Waals surface area contributed by atoms with Gasteiger partial charge in [0.2, 0.25) is 0 Å². The van der Waals surface area contributed by atoms with Gasteiger partial charge < -0.3 is 20.1 Å². The molecule has 0 amide bonds. The monoisotopic (exact) mass is 511 g/mol. The number of rotatable bonds is 11. The highest BCUT2D eigenvalue weighted by atomic mass is 35.5. The molecule has 7 nitrogen and oxygen atoms in total. The van der Waals surface area contributed by atoms with Gasteiger partial charge in [-0.2, -0.15) is 0 Å². The van der Waals surface area contributed by atoms with Gasteiger partial charge in [-0.15, -0.1) is 12.4 Å². The quantitative estimate of drug-likeness (QED) is 0.183. The number of nitro benzene ring substituents is 1. The van der Waals surface area contributed by atoms with E-state index in [2.05, 4.69) is 10.6 Å². The summed E-state index contributed by atoms with van der Waals surface area (Å²) in [5.41, 5.74) is 2.88. The Morgan fingerprint density at radius 3 is 2.30 bits per heavy atom. The van der Waals surface area contributed by atoms with Crippen molar-refractivity contribution in [1.29, 1.82) is 0 Å². The molecule has 0 aromatic heterocycles. The zero-order valence-corrected chi connectivity index (χ0v) is 20.2.